The van der Waals surface area contributed by atoms with E-state index in [1.54, 1.807) is 24.3 Å². The monoisotopic (exact) mass is 334 g/mol. The van der Waals surface area contributed by atoms with Gasteiger partial charge in [0.2, 0.25) is 0 Å². The zero-order valence-electron chi connectivity index (χ0n) is 14.3. The van der Waals surface area contributed by atoms with Crippen LogP contribution in [0.2, 0.25) is 0 Å². The van der Waals surface area contributed by atoms with Crippen LogP contribution in [0.4, 0.5) is 0 Å². The van der Waals surface area contributed by atoms with Crippen LogP contribution in [0.1, 0.15) is 55.3 Å². The van der Waals surface area contributed by atoms with E-state index >= 15 is 0 Å². The van der Waals surface area contributed by atoms with Gasteiger partial charge in [0.25, 0.3) is 5.78 Å². The lowest BCUT2D eigenvalue weighted by molar-refractivity contribution is -0.135. The maximum Gasteiger partial charge on any atom is 0.379 e. The van der Waals surface area contributed by atoms with Crippen LogP contribution < -0.4 is 4.74 Å². The van der Waals surface area contributed by atoms with Crippen LogP contribution >= 0.6 is 0 Å². The van der Waals surface area contributed by atoms with Crippen LogP contribution in [-0.2, 0) is 14.3 Å². The molecule has 1 aliphatic rings. The lowest BCUT2D eigenvalue weighted by Crippen LogP contribution is -2.18. The van der Waals surface area contributed by atoms with Gasteiger partial charge in [0.1, 0.15) is 12.4 Å². The maximum atomic E-state index is 11.6. The van der Waals surface area contributed by atoms with Crippen molar-refractivity contribution in [3.8, 4) is 5.75 Å². The Labute approximate surface area is 143 Å². The molecule has 0 bridgehead atoms. The highest BCUT2D eigenvalue weighted by molar-refractivity contribution is 6.40. The first-order chi connectivity index (χ1) is 11.7. The molecular formula is C19H26O5. The molecule has 0 atom stereocenters. The second-order valence-electron chi connectivity index (χ2n) is 6.03. The third-order valence-electron chi connectivity index (χ3n) is 4.25. The fourth-order valence-electron chi connectivity index (χ4n) is 2.87. The molecule has 0 aromatic heterocycles. The van der Waals surface area contributed by atoms with Crippen LogP contribution in [0.15, 0.2) is 24.3 Å². The second kappa shape index (κ2) is 10.1. The largest absolute Gasteiger partial charge is 0.491 e. The summed E-state index contributed by atoms with van der Waals surface area (Å²) in [6, 6.07) is 6.46. The normalized spacial score (nSPS) is 16.0. The molecule has 0 heterocycles. The topological polar surface area (TPSA) is 61.8 Å². The first-order valence-corrected chi connectivity index (χ1v) is 8.68. The summed E-state index contributed by atoms with van der Waals surface area (Å²) in [6.45, 7) is 1.04. The second-order valence-corrected chi connectivity index (χ2v) is 6.03. The summed E-state index contributed by atoms with van der Waals surface area (Å²) in [6.07, 6.45) is 9.12. The molecule has 0 amide bonds. The van der Waals surface area contributed by atoms with Crippen LogP contribution in [0.5, 0.6) is 5.75 Å². The van der Waals surface area contributed by atoms with Gasteiger partial charge in [-0.3, -0.25) is 4.79 Å². The molecule has 1 aromatic rings. The number of carbonyl (C=O) groups is 2. The molecule has 0 saturated heterocycles. The summed E-state index contributed by atoms with van der Waals surface area (Å²) in [5, 5.41) is 0. The molecule has 0 radical (unpaired) electrons. The van der Waals surface area contributed by atoms with Gasteiger partial charge in [-0.15, -0.1) is 0 Å². The van der Waals surface area contributed by atoms with Gasteiger partial charge >= 0.3 is 5.97 Å². The fraction of sp³-hybridized carbons (Fsp3) is 0.579. The van der Waals surface area contributed by atoms with E-state index in [-0.39, 0.29) is 0 Å². The van der Waals surface area contributed by atoms with Gasteiger partial charge in [0.15, 0.2) is 0 Å². The molecule has 0 spiro atoms. The molecule has 1 saturated carbocycles. The van der Waals surface area contributed by atoms with E-state index < -0.39 is 11.8 Å². The Morgan fingerprint density at radius 3 is 2.21 bits per heavy atom. The number of benzene rings is 1. The van der Waals surface area contributed by atoms with Crippen molar-refractivity contribution in [1.29, 1.82) is 0 Å². The molecular weight excluding hydrogens is 308 g/mol. The van der Waals surface area contributed by atoms with Crippen LogP contribution in [0, 0.1) is 0 Å². The Morgan fingerprint density at radius 1 is 0.958 bits per heavy atom. The Bertz CT molecular complexity index is 515. The van der Waals surface area contributed by atoms with E-state index in [9.17, 15) is 9.59 Å². The van der Waals surface area contributed by atoms with Gasteiger partial charge in [0.05, 0.1) is 19.8 Å². The first kappa shape index (κ1) is 18.5. The van der Waals surface area contributed by atoms with Gasteiger partial charge in [-0.2, -0.15) is 0 Å². The Balaban J connectivity index is 1.70. The standard InChI is InChI=1S/C19H26O5/c1-22-19(21)18(20)15-9-11-17(12-10-15)24-14-13-23-16-7-5-3-2-4-6-8-16/h9-12,16H,2-8,13-14H2,1H3. The Kier molecular flexibility index (Phi) is 7.75. The number of ketones is 1. The molecule has 1 aliphatic carbocycles. The third kappa shape index (κ3) is 5.96. The Hall–Kier alpha value is -1.88. The number of methoxy groups -OCH3 is 1. The number of rotatable bonds is 7. The minimum absolute atomic E-state index is 0.292. The van der Waals surface area contributed by atoms with Gasteiger partial charge in [0, 0.05) is 5.56 Å². The molecule has 5 nitrogen and oxygen atoms in total. The van der Waals surface area contributed by atoms with Crippen LogP contribution in [0.25, 0.3) is 0 Å². The van der Waals surface area contributed by atoms with Crippen molar-refractivity contribution < 1.29 is 23.8 Å². The lowest BCUT2D eigenvalue weighted by atomic mass is 9.99. The highest BCUT2D eigenvalue weighted by Gasteiger charge is 2.16. The van der Waals surface area contributed by atoms with Crippen molar-refractivity contribution in [2.75, 3.05) is 20.3 Å². The number of hydrogen-bond donors (Lipinski definition) is 0. The van der Waals surface area contributed by atoms with Crippen molar-refractivity contribution in [3.63, 3.8) is 0 Å². The molecule has 1 aromatic carbocycles. The minimum Gasteiger partial charge on any atom is -0.491 e. The number of carbonyl (C=O) groups excluding carboxylic acids is 2. The Morgan fingerprint density at radius 2 is 1.58 bits per heavy atom. The van der Waals surface area contributed by atoms with Gasteiger partial charge in [-0.05, 0) is 37.1 Å². The smallest absolute Gasteiger partial charge is 0.379 e. The fourth-order valence-corrected chi connectivity index (χ4v) is 2.87. The number of hydrogen-bond acceptors (Lipinski definition) is 5. The van der Waals surface area contributed by atoms with Gasteiger partial charge < -0.3 is 14.2 Å². The molecule has 24 heavy (non-hydrogen) atoms. The van der Waals surface area contributed by atoms with Crippen molar-refractivity contribution in [2.45, 2.75) is 51.0 Å². The summed E-state index contributed by atoms with van der Waals surface area (Å²) in [7, 11) is 1.19. The highest BCUT2D eigenvalue weighted by atomic mass is 16.5. The predicted molar refractivity (Wildman–Crippen MR) is 90.3 cm³/mol. The zero-order chi connectivity index (χ0) is 17.2. The molecule has 0 aliphatic heterocycles. The zero-order valence-corrected chi connectivity index (χ0v) is 14.3. The van der Waals surface area contributed by atoms with Crippen molar-refractivity contribution in [3.05, 3.63) is 29.8 Å². The molecule has 5 heteroatoms. The summed E-state index contributed by atoms with van der Waals surface area (Å²) in [5.74, 6) is -0.870. The molecule has 2 rings (SSSR count). The third-order valence-corrected chi connectivity index (χ3v) is 4.25. The molecule has 132 valence electrons. The quantitative estimate of drug-likeness (QED) is 0.330. The average molecular weight is 334 g/mol. The van der Waals surface area contributed by atoms with E-state index in [4.69, 9.17) is 9.47 Å². The number of esters is 1. The van der Waals surface area contributed by atoms with Crippen molar-refractivity contribution in [1.82, 2.24) is 0 Å². The van der Waals surface area contributed by atoms with E-state index in [0.29, 0.717) is 30.6 Å². The summed E-state index contributed by atoms with van der Waals surface area (Å²) in [5.41, 5.74) is 0.292. The average Bonchev–Trinajstić information content (AvgIpc) is 2.59. The van der Waals surface area contributed by atoms with E-state index in [0.717, 1.165) is 12.8 Å². The SMILES string of the molecule is COC(=O)C(=O)c1ccc(OCCOC2CCCCCCC2)cc1. The minimum atomic E-state index is -0.865. The molecule has 0 N–H and O–H groups in total. The summed E-state index contributed by atoms with van der Waals surface area (Å²) in [4.78, 5) is 22.8. The van der Waals surface area contributed by atoms with Crippen molar-refractivity contribution >= 4 is 11.8 Å². The molecule has 1 fully saturated rings. The first-order valence-electron chi connectivity index (χ1n) is 8.68. The summed E-state index contributed by atoms with van der Waals surface area (Å²) < 4.78 is 15.9. The van der Waals surface area contributed by atoms with E-state index in [1.165, 1.54) is 39.2 Å². The lowest BCUT2D eigenvalue weighted by Gasteiger charge is -2.20. The predicted octanol–water partition coefficient (Wildman–Crippen LogP) is 3.55. The maximum absolute atomic E-state index is 11.6. The van der Waals surface area contributed by atoms with Crippen LogP contribution in [0.3, 0.4) is 0 Å². The van der Waals surface area contributed by atoms with Crippen molar-refractivity contribution in [2.24, 2.45) is 0 Å². The van der Waals surface area contributed by atoms with Crippen LogP contribution in [-0.4, -0.2) is 38.2 Å². The number of ether oxygens (including phenoxy) is 3. The summed E-state index contributed by atoms with van der Waals surface area (Å²) >= 11 is 0. The van der Waals surface area contributed by atoms with E-state index in [2.05, 4.69) is 4.74 Å². The van der Waals surface area contributed by atoms with Gasteiger partial charge in [-0.25, -0.2) is 4.79 Å². The highest BCUT2D eigenvalue weighted by Crippen LogP contribution is 2.19. The molecule has 0 unspecified atom stereocenters. The number of Topliss-reactive ketones (excluding diaryl/α,β-unsaturated/α-hetero) is 1. The van der Waals surface area contributed by atoms with Gasteiger partial charge in [-0.1, -0.05) is 32.1 Å². The van der Waals surface area contributed by atoms with E-state index in [1.807, 2.05) is 0 Å².